The van der Waals surface area contributed by atoms with E-state index in [0.717, 1.165) is 16.6 Å². The van der Waals surface area contributed by atoms with Crippen LogP contribution in [0.2, 0.25) is 5.02 Å². The lowest BCUT2D eigenvalue weighted by atomic mass is 10.1. The minimum atomic E-state index is -0.194. The Morgan fingerprint density at radius 1 is 1.17 bits per heavy atom. The van der Waals surface area contributed by atoms with Gasteiger partial charge in [0.05, 0.1) is 28.5 Å². The lowest BCUT2D eigenvalue weighted by molar-refractivity contribution is 0.0928. The summed E-state index contributed by atoms with van der Waals surface area (Å²) in [7, 11) is 1.85. The molecular weight excluding hydrogens is 400 g/mol. The van der Waals surface area contributed by atoms with E-state index in [4.69, 9.17) is 21.3 Å². The van der Waals surface area contributed by atoms with Crippen molar-refractivity contribution in [2.75, 3.05) is 6.61 Å². The third kappa shape index (κ3) is 4.28. The first-order valence-electron chi connectivity index (χ1n) is 9.58. The lowest BCUT2D eigenvalue weighted by Crippen LogP contribution is -2.37. The van der Waals surface area contributed by atoms with Gasteiger partial charge in [-0.1, -0.05) is 29.8 Å². The molecule has 6 nitrogen and oxygen atoms in total. The monoisotopic (exact) mass is 420 g/mol. The first-order valence-corrected chi connectivity index (χ1v) is 9.96. The number of fused-ring (bicyclic) bond motifs is 1. The van der Waals surface area contributed by atoms with E-state index in [2.05, 4.69) is 10.4 Å². The molecule has 0 spiro atoms. The molecule has 0 aliphatic rings. The van der Waals surface area contributed by atoms with Crippen molar-refractivity contribution in [3.8, 4) is 17.1 Å². The van der Waals surface area contributed by atoms with E-state index in [9.17, 15) is 4.79 Å². The average Bonchev–Trinajstić information content (AvgIpc) is 3.18. The number of aryl methyl sites for hydroxylation is 1. The maximum absolute atomic E-state index is 13.1. The molecule has 30 heavy (non-hydrogen) atoms. The molecule has 0 aliphatic heterocycles. The van der Waals surface area contributed by atoms with E-state index < -0.39 is 0 Å². The molecular formula is C23H21ClN4O2. The number of para-hydroxylation sites is 1. The van der Waals surface area contributed by atoms with Crippen molar-refractivity contribution in [3.05, 3.63) is 77.4 Å². The molecule has 0 radical (unpaired) electrons. The predicted molar refractivity (Wildman–Crippen MR) is 118 cm³/mol. The molecule has 0 saturated heterocycles. The zero-order valence-corrected chi connectivity index (χ0v) is 17.4. The second-order valence-corrected chi connectivity index (χ2v) is 7.49. The van der Waals surface area contributed by atoms with E-state index in [1.807, 2.05) is 44.3 Å². The molecule has 1 atom stereocenters. The quantitative estimate of drug-likeness (QED) is 0.499. The molecule has 2 heterocycles. The van der Waals surface area contributed by atoms with Crippen molar-refractivity contribution < 1.29 is 9.53 Å². The van der Waals surface area contributed by atoms with Gasteiger partial charge in [0.15, 0.2) is 0 Å². The molecule has 1 amide bonds. The first kappa shape index (κ1) is 19.9. The van der Waals surface area contributed by atoms with Crippen molar-refractivity contribution in [1.82, 2.24) is 20.1 Å². The fraction of sp³-hybridized carbons (Fsp3) is 0.174. The molecule has 152 valence electrons. The number of hydrogen-bond donors (Lipinski definition) is 1. The van der Waals surface area contributed by atoms with Crippen LogP contribution in [0.3, 0.4) is 0 Å². The van der Waals surface area contributed by atoms with E-state index >= 15 is 0 Å². The highest BCUT2D eigenvalue weighted by Gasteiger charge is 2.17. The van der Waals surface area contributed by atoms with Gasteiger partial charge in [0.1, 0.15) is 12.4 Å². The lowest BCUT2D eigenvalue weighted by Gasteiger charge is -2.16. The number of rotatable bonds is 6. The molecule has 1 N–H and O–H groups in total. The van der Waals surface area contributed by atoms with Gasteiger partial charge < -0.3 is 10.1 Å². The van der Waals surface area contributed by atoms with Gasteiger partial charge in [0.2, 0.25) is 0 Å². The van der Waals surface area contributed by atoms with E-state index in [-0.39, 0.29) is 11.9 Å². The minimum absolute atomic E-state index is 0.177. The van der Waals surface area contributed by atoms with Gasteiger partial charge in [0, 0.05) is 23.7 Å². The molecule has 4 aromatic rings. The molecule has 0 unspecified atom stereocenters. The van der Waals surface area contributed by atoms with Crippen LogP contribution in [0.15, 0.2) is 66.9 Å². The van der Waals surface area contributed by atoms with Crippen LogP contribution >= 0.6 is 11.6 Å². The van der Waals surface area contributed by atoms with Gasteiger partial charge in [-0.2, -0.15) is 5.10 Å². The molecule has 2 aromatic heterocycles. The minimum Gasteiger partial charge on any atom is -0.491 e. The third-order valence-electron chi connectivity index (χ3n) is 4.74. The number of pyridine rings is 1. The number of ether oxygens (including phenoxy) is 1. The van der Waals surface area contributed by atoms with Gasteiger partial charge in [0.25, 0.3) is 5.91 Å². The van der Waals surface area contributed by atoms with E-state index in [0.29, 0.717) is 28.6 Å². The number of nitrogens with zero attached hydrogens (tertiary/aromatic N) is 3. The number of hydrogen-bond acceptors (Lipinski definition) is 4. The van der Waals surface area contributed by atoms with Crippen LogP contribution in [-0.2, 0) is 7.05 Å². The molecule has 0 bridgehead atoms. The maximum Gasteiger partial charge on any atom is 0.252 e. The van der Waals surface area contributed by atoms with Crippen LogP contribution in [0.4, 0.5) is 0 Å². The van der Waals surface area contributed by atoms with Crippen molar-refractivity contribution in [3.63, 3.8) is 0 Å². The Morgan fingerprint density at radius 3 is 2.67 bits per heavy atom. The fourth-order valence-corrected chi connectivity index (χ4v) is 3.34. The number of benzene rings is 2. The summed E-state index contributed by atoms with van der Waals surface area (Å²) in [6, 6.07) is 18.2. The summed E-state index contributed by atoms with van der Waals surface area (Å²) in [6.45, 7) is 2.24. The summed E-state index contributed by atoms with van der Waals surface area (Å²) in [5.41, 5.74) is 2.86. The fourth-order valence-electron chi connectivity index (χ4n) is 3.21. The molecule has 2 aromatic carbocycles. The molecule has 4 rings (SSSR count). The highest BCUT2D eigenvalue weighted by atomic mass is 35.5. The second-order valence-electron chi connectivity index (χ2n) is 7.05. The smallest absolute Gasteiger partial charge is 0.252 e. The first-order chi connectivity index (χ1) is 14.5. The van der Waals surface area contributed by atoms with Crippen molar-refractivity contribution in [1.29, 1.82) is 0 Å². The zero-order chi connectivity index (χ0) is 21.1. The summed E-state index contributed by atoms with van der Waals surface area (Å²) in [4.78, 5) is 17.8. The normalized spacial score (nSPS) is 12.0. The van der Waals surface area contributed by atoms with Gasteiger partial charge in [-0.3, -0.25) is 9.48 Å². The number of halogens is 1. The van der Waals surface area contributed by atoms with Crippen LogP contribution in [0.5, 0.6) is 5.75 Å². The van der Waals surface area contributed by atoms with Crippen molar-refractivity contribution in [2.24, 2.45) is 7.05 Å². The van der Waals surface area contributed by atoms with Gasteiger partial charge >= 0.3 is 0 Å². The Bertz CT molecular complexity index is 1190. The topological polar surface area (TPSA) is 69.0 Å². The number of carbonyl (C=O) groups is 1. The van der Waals surface area contributed by atoms with Crippen LogP contribution in [0.25, 0.3) is 22.3 Å². The van der Waals surface area contributed by atoms with E-state index in [1.54, 1.807) is 41.2 Å². The van der Waals surface area contributed by atoms with Crippen LogP contribution < -0.4 is 10.1 Å². The summed E-state index contributed by atoms with van der Waals surface area (Å²) >= 11 is 5.90. The molecule has 0 saturated carbocycles. The maximum atomic E-state index is 13.1. The summed E-state index contributed by atoms with van der Waals surface area (Å²) in [5, 5.41) is 8.67. The summed E-state index contributed by atoms with van der Waals surface area (Å²) < 4.78 is 7.49. The predicted octanol–water partition coefficient (Wildman–Crippen LogP) is 4.49. The Morgan fingerprint density at radius 2 is 1.93 bits per heavy atom. The summed E-state index contributed by atoms with van der Waals surface area (Å²) in [5.74, 6) is 0.526. The van der Waals surface area contributed by atoms with Gasteiger partial charge in [-0.25, -0.2) is 4.98 Å². The highest BCUT2D eigenvalue weighted by Crippen LogP contribution is 2.24. The SMILES string of the molecule is C[C@H](COc1ccc(Cl)cc1)NC(=O)c1cc(-c2ccnn2C)nc2ccccc12. The van der Waals surface area contributed by atoms with E-state index in [1.165, 1.54) is 0 Å². The van der Waals surface area contributed by atoms with Gasteiger partial charge in [-0.05, 0) is 49.4 Å². The Hall–Kier alpha value is -3.38. The zero-order valence-electron chi connectivity index (χ0n) is 16.7. The molecule has 0 fully saturated rings. The summed E-state index contributed by atoms with van der Waals surface area (Å²) in [6.07, 6.45) is 1.71. The third-order valence-corrected chi connectivity index (χ3v) is 4.99. The Labute approximate surface area is 179 Å². The standard InChI is InChI=1S/C23H21ClN4O2/c1-15(14-30-17-9-7-16(24)8-10-17)26-23(29)19-13-21(22-11-12-25-28(22)2)27-20-6-4-3-5-18(19)20/h3-13,15H,14H2,1-2H3,(H,26,29)/t15-/m1/s1. The number of carbonyl (C=O) groups excluding carboxylic acids is 1. The average molecular weight is 421 g/mol. The number of aromatic nitrogens is 3. The van der Waals surface area contributed by atoms with Crippen LogP contribution in [0, 0.1) is 0 Å². The van der Waals surface area contributed by atoms with Crippen LogP contribution in [-0.4, -0.2) is 33.3 Å². The van der Waals surface area contributed by atoms with Gasteiger partial charge in [-0.15, -0.1) is 0 Å². The highest BCUT2D eigenvalue weighted by molar-refractivity contribution is 6.30. The van der Waals surface area contributed by atoms with Crippen molar-refractivity contribution >= 4 is 28.4 Å². The Balaban J connectivity index is 1.56. The van der Waals surface area contributed by atoms with Crippen molar-refractivity contribution in [2.45, 2.75) is 13.0 Å². The number of nitrogens with one attached hydrogen (secondary N) is 1. The second kappa shape index (κ2) is 8.55. The van der Waals surface area contributed by atoms with Crippen LogP contribution in [0.1, 0.15) is 17.3 Å². The molecule has 7 heteroatoms. The number of amides is 1. The Kier molecular flexibility index (Phi) is 5.68. The largest absolute Gasteiger partial charge is 0.491 e. The molecule has 0 aliphatic carbocycles.